The molecule has 150 valence electrons. The minimum absolute atomic E-state index is 0.0303. The Morgan fingerprint density at radius 3 is 2.25 bits per heavy atom. The Labute approximate surface area is 171 Å². The summed E-state index contributed by atoms with van der Waals surface area (Å²) < 4.78 is 59.9. The monoisotopic (exact) mass is 488 g/mol. The molecule has 28 heavy (non-hydrogen) atoms. The number of hydrogen-bond acceptors (Lipinski definition) is 6. The van der Waals surface area contributed by atoms with E-state index in [2.05, 4.69) is 30.1 Å². The molecule has 11 heteroatoms. The predicted octanol–water partition coefficient (Wildman–Crippen LogP) is 2.48. The zero-order valence-corrected chi connectivity index (χ0v) is 17.9. The van der Waals surface area contributed by atoms with Crippen LogP contribution in [0.4, 0.5) is 5.69 Å². The van der Waals surface area contributed by atoms with Crippen molar-refractivity contribution in [3.05, 3.63) is 52.5 Å². The van der Waals surface area contributed by atoms with Gasteiger partial charge < -0.3 is 4.74 Å². The van der Waals surface area contributed by atoms with Crippen LogP contribution in [0.5, 0.6) is 0 Å². The van der Waals surface area contributed by atoms with Crippen molar-refractivity contribution in [3.63, 3.8) is 0 Å². The molecule has 1 aliphatic rings. The number of carbonyl (C=O) groups excluding carboxylic acids is 1. The highest BCUT2D eigenvalue weighted by Crippen LogP contribution is 2.26. The molecule has 0 radical (unpaired) electrons. The molecular weight excluding hydrogens is 472 g/mol. The Bertz CT molecular complexity index is 1110. The molecule has 0 spiro atoms. The summed E-state index contributed by atoms with van der Waals surface area (Å²) >= 11 is 3.19. The van der Waals surface area contributed by atoms with Gasteiger partial charge in [0.05, 0.1) is 17.6 Å². The smallest absolute Gasteiger partial charge is 0.339 e. The quantitative estimate of drug-likeness (QED) is 0.577. The lowest BCUT2D eigenvalue weighted by Gasteiger charge is -2.12. The summed E-state index contributed by atoms with van der Waals surface area (Å²) in [6.07, 6.45) is 1.62. The standard InChI is InChI=1S/C17H17BrN2O6S2/c1-26-17(21)15-10-11(18)2-9-16(15)28(24,25)20-13-5-7-14(8-6-13)27(22,23)19-12-3-4-12/h2,5-10,12,19-20H,3-4H2,1H3. The predicted molar refractivity (Wildman–Crippen MR) is 106 cm³/mol. The third kappa shape index (κ3) is 4.72. The fourth-order valence-electron chi connectivity index (χ4n) is 2.41. The number of rotatable bonds is 7. The average molecular weight is 489 g/mol. The molecule has 2 N–H and O–H groups in total. The second kappa shape index (κ2) is 7.82. The van der Waals surface area contributed by atoms with E-state index in [1.807, 2.05) is 0 Å². The van der Waals surface area contributed by atoms with Gasteiger partial charge in [-0.3, -0.25) is 4.72 Å². The maximum Gasteiger partial charge on any atom is 0.339 e. The van der Waals surface area contributed by atoms with E-state index >= 15 is 0 Å². The SMILES string of the molecule is COC(=O)c1cc(Br)ccc1S(=O)(=O)Nc1ccc(S(=O)(=O)NC2CC2)cc1. The molecule has 0 amide bonds. The van der Waals surface area contributed by atoms with Gasteiger partial charge in [0.25, 0.3) is 10.0 Å². The average Bonchev–Trinajstić information content (AvgIpc) is 3.44. The van der Waals surface area contributed by atoms with Gasteiger partial charge in [0.1, 0.15) is 4.90 Å². The zero-order valence-electron chi connectivity index (χ0n) is 14.7. The molecule has 1 aliphatic carbocycles. The van der Waals surface area contributed by atoms with Gasteiger partial charge in [-0.1, -0.05) is 15.9 Å². The van der Waals surface area contributed by atoms with Gasteiger partial charge >= 0.3 is 5.97 Å². The van der Waals surface area contributed by atoms with E-state index in [0.717, 1.165) is 20.0 Å². The number of ether oxygens (including phenoxy) is 1. The van der Waals surface area contributed by atoms with E-state index in [0.29, 0.717) is 4.47 Å². The lowest BCUT2D eigenvalue weighted by Crippen LogP contribution is -2.25. The third-order valence-corrected chi connectivity index (χ3v) is 7.42. The molecular formula is C17H17BrN2O6S2. The summed E-state index contributed by atoms with van der Waals surface area (Å²) in [5.41, 5.74) is 0.0290. The Hall–Kier alpha value is -1.95. The highest BCUT2D eigenvalue weighted by Gasteiger charge is 2.28. The van der Waals surface area contributed by atoms with E-state index in [1.165, 1.54) is 42.5 Å². The molecule has 0 bridgehead atoms. The van der Waals surface area contributed by atoms with Crippen molar-refractivity contribution in [1.82, 2.24) is 4.72 Å². The normalized spacial score (nSPS) is 14.5. The van der Waals surface area contributed by atoms with Crippen molar-refractivity contribution in [2.75, 3.05) is 11.8 Å². The molecule has 8 nitrogen and oxygen atoms in total. The third-order valence-electron chi connectivity index (χ3n) is 3.95. The Kier molecular flexibility index (Phi) is 5.80. The number of halogens is 1. The second-order valence-corrected chi connectivity index (χ2v) is 10.4. The minimum Gasteiger partial charge on any atom is -0.465 e. The molecule has 0 aliphatic heterocycles. The maximum absolute atomic E-state index is 12.7. The van der Waals surface area contributed by atoms with E-state index in [9.17, 15) is 21.6 Å². The van der Waals surface area contributed by atoms with Gasteiger partial charge in [-0.2, -0.15) is 0 Å². The number of carbonyl (C=O) groups is 1. The fourth-order valence-corrected chi connectivity index (χ4v) is 5.31. The Balaban J connectivity index is 1.86. The van der Waals surface area contributed by atoms with Crippen LogP contribution in [0.2, 0.25) is 0 Å². The highest BCUT2D eigenvalue weighted by molar-refractivity contribution is 9.10. The van der Waals surface area contributed by atoms with Crippen LogP contribution in [0.3, 0.4) is 0 Å². The van der Waals surface area contributed by atoms with E-state index in [1.54, 1.807) is 0 Å². The molecule has 1 saturated carbocycles. The Morgan fingerprint density at radius 2 is 1.68 bits per heavy atom. The number of benzene rings is 2. The summed E-state index contributed by atoms with van der Waals surface area (Å²) in [5, 5.41) is 0. The van der Waals surface area contributed by atoms with Crippen molar-refractivity contribution in [1.29, 1.82) is 0 Å². The number of nitrogens with one attached hydrogen (secondary N) is 2. The van der Waals surface area contributed by atoms with Crippen LogP contribution in [0.15, 0.2) is 56.7 Å². The van der Waals surface area contributed by atoms with E-state index < -0.39 is 26.0 Å². The van der Waals surface area contributed by atoms with Crippen LogP contribution in [-0.4, -0.2) is 36.0 Å². The molecule has 1 fully saturated rings. The zero-order chi connectivity index (χ0) is 20.5. The number of sulfonamides is 2. The van der Waals surface area contributed by atoms with Crippen LogP contribution in [-0.2, 0) is 24.8 Å². The largest absolute Gasteiger partial charge is 0.465 e. The molecule has 0 unspecified atom stereocenters. The Morgan fingerprint density at radius 1 is 1.04 bits per heavy atom. The first-order valence-corrected chi connectivity index (χ1v) is 11.9. The second-order valence-electron chi connectivity index (χ2n) is 6.16. The topological polar surface area (TPSA) is 119 Å². The van der Waals surface area contributed by atoms with Crippen molar-refractivity contribution < 1.29 is 26.4 Å². The fraction of sp³-hybridized carbons (Fsp3) is 0.235. The van der Waals surface area contributed by atoms with E-state index in [-0.39, 0.29) is 27.1 Å². The summed E-state index contributed by atoms with van der Waals surface area (Å²) in [6, 6.07) is 9.39. The molecule has 0 aromatic heterocycles. The number of hydrogen-bond donors (Lipinski definition) is 2. The maximum atomic E-state index is 12.7. The van der Waals surface area contributed by atoms with Crippen LogP contribution in [0.1, 0.15) is 23.2 Å². The molecule has 2 aromatic rings. The molecule has 0 saturated heterocycles. The van der Waals surface area contributed by atoms with Crippen molar-refractivity contribution in [3.8, 4) is 0 Å². The van der Waals surface area contributed by atoms with Crippen molar-refractivity contribution in [2.45, 2.75) is 28.7 Å². The van der Waals surface area contributed by atoms with Gasteiger partial charge in [0.15, 0.2) is 0 Å². The number of anilines is 1. The highest BCUT2D eigenvalue weighted by atomic mass is 79.9. The molecule has 3 rings (SSSR count). The van der Waals surface area contributed by atoms with Gasteiger partial charge in [-0.05, 0) is 55.3 Å². The lowest BCUT2D eigenvalue weighted by atomic mass is 10.2. The van der Waals surface area contributed by atoms with Crippen LogP contribution >= 0.6 is 15.9 Å². The summed E-state index contributed by atoms with van der Waals surface area (Å²) in [6.45, 7) is 0. The first-order valence-electron chi connectivity index (χ1n) is 8.15. The molecule has 0 heterocycles. The number of esters is 1. The molecule has 2 aromatic carbocycles. The van der Waals surface area contributed by atoms with Crippen LogP contribution in [0, 0.1) is 0 Å². The lowest BCUT2D eigenvalue weighted by molar-refractivity contribution is 0.0596. The number of methoxy groups -OCH3 is 1. The van der Waals surface area contributed by atoms with Gasteiger partial charge in [0.2, 0.25) is 10.0 Å². The van der Waals surface area contributed by atoms with E-state index in [4.69, 9.17) is 0 Å². The first kappa shape index (κ1) is 20.8. The summed E-state index contributed by atoms with van der Waals surface area (Å²) in [7, 11) is -6.58. The summed E-state index contributed by atoms with van der Waals surface area (Å²) in [4.78, 5) is 11.7. The van der Waals surface area contributed by atoms with Gasteiger partial charge in [0, 0.05) is 16.2 Å². The first-order chi connectivity index (χ1) is 13.1. The van der Waals surface area contributed by atoms with Crippen LogP contribution < -0.4 is 9.44 Å². The van der Waals surface area contributed by atoms with Crippen molar-refractivity contribution in [2.24, 2.45) is 0 Å². The summed E-state index contributed by atoms with van der Waals surface area (Å²) in [5.74, 6) is -0.797. The minimum atomic E-state index is -4.11. The van der Waals surface area contributed by atoms with Gasteiger partial charge in [-0.15, -0.1) is 0 Å². The van der Waals surface area contributed by atoms with Crippen molar-refractivity contribution >= 4 is 47.6 Å². The van der Waals surface area contributed by atoms with Gasteiger partial charge in [-0.25, -0.2) is 26.4 Å². The van der Waals surface area contributed by atoms with Crippen LogP contribution in [0.25, 0.3) is 0 Å². The molecule has 0 atom stereocenters.